The Kier molecular flexibility index (Phi) is 3.90. The summed E-state index contributed by atoms with van der Waals surface area (Å²) in [5.74, 6) is 0. The van der Waals surface area contributed by atoms with Crippen LogP contribution in [0.4, 0.5) is 0 Å². The third-order valence-corrected chi connectivity index (χ3v) is 2.04. The van der Waals surface area contributed by atoms with Gasteiger partial charge in [0.05, 0.1) is 0 Å². The van der Waals surface area contributed by atoms with Gasteiger partial charge in [-0.2, -0.15) is 0 Å². The van der Waals surface area contributed by atoms with Crippen molar-refractivity contribution in [1.29, 1.82) is 0 Å². The van der Waals surface area contributed by atoms with Crippen molar-refractivity contribution in [3.05, 3.63) is 29.1 Å². The van der Waals surface area contributed by atoms with Gasteiger partial charge in [-0.1, -0.05) is 0 Å². The lowest BCUT2D eigenvalue weighted by molar-refractivity contribution is -0.705. The summed E-state index contributed by atoms with van der Waals surface area (Å²) in [4.78, 5) is 0. The van der Waals surface area contributed by atoms with Crippen molar-refractivity contribution in [2.75, 3.05) is 0 Å². The second-order valence-corrected chi connectivity index (χ2v) is 3.06. The minimum atomic E-state index is 0. The van der Waals surface area contributed by atoms with Gasteiger partial charge in [-0.05, 0) is 19.4 Å². The number of pyridine rings is 1. The summed E-state index contributed by atoms with van der Waals surface area (Å²) in [6, 6.07) is 4.44. The van der Waals surface area contributed by atoms with Crippen LogP contribution in [0.1, 0.15) is 23.9 Å². The highest BCUT2D eigenvalue weighted by molar-refractivity contribution is 5.13. The molecule has 1 aromatic heterocycles. The van der Waals surface area contributed by atoms with Gasteiger partial charge in [0.1, 0.15) is 6.54 Å². The van der Waals surface area contributed by atoms with Crippen LogP contribution in [0.2, 0.25) is 0 Å². The second kappa shape index (κ2) is 4.21. The normalized spacial score (nSPS) is 9.33. The Morgan fingerprint density at radius 2 is 1.50 bits per heavy atom. The van der Waals surface area contributed by atoms with Crippen molar-refractivity contribution in [3.8, 4) is 0 Å². The van der Waals surface area contributed by atoms with E-state index < -0.39 is 0 Å². The molecule has 12 heavy (non-hydrogen) atoms. The van der Waals surface area contributed by atoms with Crippen LogP contribution in [0.3, 0.4) is 0 Å². The molecule has 0 atom stereocenters. The van der Waals surface area contributed by atoms with Gasteiger partial charge < -0.3 is 6.15 Å². The molecule has 0 aromatic carbocycles. The average molecular weight is 167 g/mol. The lowest BCUT2D eigenvalue weighted by Crippen LogP contribution is -2.39. The maximum Gasteiger partial charge on any atom is 0.178 e. The fraction of sp³-hybridized carbons (Fsp3) is 0.500. The molecule has 0 saturated carbocycles. The zero-order valence-corrected chi connectivity index (χ0v) is 8.52. The first-order valence-corrected chi connectivity index (χ1v) is 4.13. The lowest BCUT2D eigenvalue weighted by atomic mass is 10.2. The smallest absolute Gasteiger partial charge is 0.178 e. The van der Waals surface area contributed by atoms with Crippen molar-refractivity contribution in [3.63, 3.8) is 0 Å². The maximum absolute atomic E-state index is 2.31. The Balaban J connectivity index is 0.00000121. The molecule has 0 amide bonds. The Morgan fingerprint density at radius 1 is 1.08 bits per heavy atom. The van der Waals surface area contributed by atoms with Crippen molar-refractivity contribution in [1.82, 2.24) is 6.15 Å². The highest BCUT2D eigenvalue weighted by Crippen LogP contribution is 2.00. The monoisotopic (exact) mass is 167 g/mol. The molecule has 1 heterocycles. The Morgan fingerprint density at radius 3 is 1.83 bits per heavy atom. The standard InChI is InChI=1S/C10H16N.H3N/c1-5-11-9(3)6-8(2)7-10(11)4;/h6-7H,5H2,1-4H3;1H3/q+1;. The molecule has 0 aliphatic heterocycles. The molecule has 0 unspecified atom stereocenters. The molecule has 3 N–H and O–H groups in total. The van der Waals surface area contributed by atoms with Crippen LogP contribution in [-0.2, 0) is 6.54 Å². The van der Waals surface area contributed by atoms with Gasteiger partial charge in [0, 0.05) is 26.0 Å². The highest BCUT2D eigenvalue weighted by Gasteiger charge is 2.07. The third kappa shape index (κ3) is 2.05. The predicted molar refractivity (Wildman–Crippen MR) is 51.5 cm³/mol. The van der Waals surface area contributed by atoms with Gasteiger partial charge in [0.15, 0.2) is 11.4 Å². The number of hydrogen-bond donors (Lipinski definition) is 1. The molecular formula is C10H19N2+. The second-order valence-electron chi connectivity index (χ2n) is 3.06. The first-order valence-electron chi connectivity index (χ1n) is 4.13. The molecule has 1 rings (SSSR count). The van der Waals surface area contributed by atoms with Gasteiger partial charge in [-0.3, -0.25) is 0 Å². The molecule has 0 aliphatic rings. The largest absolute Gasteiger partial charge is 0.344 e. The van der Waals surface area contributed by atoms with Crippen molar-refractivity contribution in [2.24, 2.45) is 0 Å². The summed E-state index contributed by atoms with van der Waals surface area (Å²) in [7, 11) is 0. The summed E-state index contributed by atoms with van der Waals surface area (Å²) in [6.07, 6.45) is 0. The molecular weight excluding hydrogens is 148 g/mol. The Labute approximate surface area is 74.8 Å². The van der Waals surface area contributed by atoms with Crippen LogP contribution in [0, 0.1) is 20.8 Å². The van der Waals surface area contributed by atoms with E-state index in [0.29, 0.717) is 0 Å². The number of hydrogen-bond acceptors (Lipinski definition) is 1. The van der Waals surface area contributed by atoms with E-state index in [1.54, 1.807) is 0 Å². The fourth-order valence-corrected chi connectivity index (χ4v) is 1.63. The molecule has 2 heteroatoms. The van der Waals surface area contributed by atoms with E-state index in [1.165, 1.54) is 17.0 Å². The third-order valence-electron chi connectivity index (χ3n) is 2.04. The summed E-state index contributed by atoms with van der Waals surface area (Å²) in [5.41, 5.74) is 4.06. The minimum absolute atomic E-state index is 0. The molecule has 68 valence electrons. The summed E-state index contributed by atoms with van der Waals surface area (Å²) < 4.78 is 2.31. The van der Waals surface area contributed by atoms with Crippen LogP contribution in [0.15, 0.2) is 12.1 Å². The molecule has 1 aromatic rings. The fourth-order valence-electron chi connectivity index (χ4n) is 1.63. The Bertz CT molecular complexity index is 244. The van der Waals surface area contributed by atoms with Gasteiger partial charge >= 0.3 is 0 Å². The lowest BCUT2D eigenvalue weighted by Gasteiger charge is -2.01. The molecule has 0 radical (unpaired) electrons. The maximum atomic E-state index is 2.31. The van der Waals surface area contributed by atoms with E-state index in [4.69, 9.17) is 0 Å². The van der Waals surface area contributed by atoms with Crippen LogP contribution in [-0.4, -0.2) is 0 Å². The Hall–Kier alpha value is -0.890. The van der Waals surface area contributed by atoms with Crippen LogP contribution >= 0.6 is 0 Å². The van der Waals surface area contributed by atoms with E-state index in [0.717, 1.165) is 6.54 Å². The number of rotatable bonds is 1. The van der Waals surface area contributed by atoms with Crippen LogP contribution < -0.4 is 10.7 Å². The summed E-state index contributed by atoms with van der Waals surface area (Å²) >= 11 is 0. The van der Waals surface area contributed by atoms with E-state index in [2.05, 4.69) is 44.4 Å². The SMILES string of the molecule is CC[n+]1c(C)cc(C)cc1C.N. The van der Waals surface area contributed by atoms with Crippen molar-refractivity contribution in [2.45, 2.75) is 34.2 Å². The number of nitrogens with zero attached hydrogens (tertiary/aromatic N) is 1. The van der Waals surface area contributed by atoms with Crippen LogP contribution in [0.25, 0.3) is 0 Å². The highest BCUT2D eigenvalue weighted by atomic mass is 15.0. The topological polar surface area (TPSA) is 38.9 Å². The van der Waals surface area contributed by atoms with Crippen LogP contribution in [0.5, 0.6) is 0 Å². The first kappa shape index (κ1) is 11.1. The average Bonchev–Trinajstić information content (AvgIpc) is 1.85. The molecule has 0 fully saturated rings. The summed E-state index contributed by atoms with van der Waals surface area (Å²) in [5, 5.41) is 0. The summed E-state index contributed by atoms with van der Waals surface area (Å²) in [6.45, 7) is 9.69. The zero-order valence-electron chi connectivity index (χ0n) is 8.52. The van der Waals surface area contributed by atoms with Crippen molar-refractivity contribution < 1.29 is 4.57 Å². The van der Waals surface area contributed by atoms with Gasteiger partial charge in [0.2, 0.25) is 0 Å². The number of aromatic nitrogens is 1. The van der Waals surface area contributed by atoms with Gasteiger partial charge in [0.25, 0.3) is 0 Å². The van der Waals surface area contributed by atoms with Gasteiger partial charge in [-0.15, -0.1) is 0 Å². The molecule has 0 bridgehead atoms. The molecule has 0 aliphatic carbocycles. The van der Waals surface area contributed by atoms with E-state index in [9.17, 15) is 0 Å². The van der Waals surface area contributed by atoms with E-state index >= 15 is 0 Å². The molecule has 0 saturated heterocycles. The number of aryl methyl sites for hydroxylation is 3. The molecule has 0 spiro atoms. The molecule has 2 nitrogen and oxygen atoms in total. The van der Waals surface area contributed by atoms with E-state index in [-0.39, 0.29) is 6.15 Å². The predicted octanol–water partition coefficient (Wildman–Crippen LogP) is 2.08. The van der Waals surface area contributed by atoms with E-state index in [1.807, 2.05) is 0 Å². The first-order chi connectivity index (χ1) is 5.15. The van der Waals surface area contributed by atoms with Gasteiger partial charge in [-0.25, -0.2) is 4.57 Å². The van der Waals surface area contributed by atoms with Crippen molar-refractivity contribution >= 4 is 0 Å². The minimum Gasteiger partial charge on any atom is -0.344 e. The quantitative estimate of drug-likeness (QED) is 0.639. The zero-order chi connectivity index (χ0) is 8.43.